The lowest BCUT2D eigenvalue weighted by atomic mass is 9.83. The molecule has 1 saturated heterocycles. The van der Waals surface area contributed by atoms with Crippen LogP contribution >= 0.6 is 0 Å². The van der Waals surface area contributed by atoms with E-state index in [0.29, 0.717) is 0 Å². The summed E-state index contributed by atoms with van der Waals surface area (Å²) in [5, 5.41) is 0. The molecule has 0 aromatic heterocycles. The van der Waals surface area contributed by atoms with Crippen LogP contribution in [-0.2, 0) is 0 Å². The smallest absolute Gasteiger partial charge is 0.00473 e. The molecule has 1 aliphatic heterocycles. The fourth-order valence-electron chi connectivity index (χ4n) is 3.32. The van der Waals surface area contributed by atoms with Crippen LogP contribution in [0.5, 0.6) is 0 Å². The lowest BCUT2D eigenvalue weighted by molar-refractivity contribution is 0.181. The molecule has 3 rings (SSSR count). The maximum Gasteiger partial charge on any atom is 0.00473 e. The van der Waals surface area contributed by atoms with E-state index in [9.17, 15) is 0 Å². The predicted molar refractivity (Wildman–Crippen MR) is 63.6 cm³/mol. The number of fused-ring (bicyclic) bond motifs is 1. The summed E-state index contributed by atoms with van der Waals surface area (Å²) >= 11 is 0. The molecule has 1 saturated carbocycles. The number of piperidine rings is 1. The van der Waals surface area contributed by atoms with Crippen LogP contribution in [0, 0.1) is 23.7 Å². The highest BCUT2D eigenvalue weighted by molar-refractivity contribution is 5.33. The summed E-state index contributed by atoms with van der Waals surface area (Å²) in [6, 6.07) is 0. The second kappa shape index (κ2) is 3.48. The van der Waals surface area contributed by atoms with Crippen LogP contribution in [0.2, 0.25) is 0 Å². The van der Waals surface area contributed by atoms with Gasteiger partial charge >= 0.3 is 0 Å². The zero-order chi connectivity index (χ0) is 10.4. The standard InChI is InChI=1S/C14H21N/c1-10-5-14(9-15(2)8-10)12-4-3-11-6-13(11)7-12/h3-4,7,10-11,13-14H,5-6,8-9H2,1-2H3. The van der Waals surface area contributed by atoms with Gasteiger partial charge in [-0.25, -0.2) is 0 Å². The number of allylic oxidation sites excluding steroid dienone is 3. The van der Waals surface area contributed by atoms with Crippen molar-refractivity contribution in [3.63, 3.8) is 0 Å². The monoisotopic (exact) mass is 203 g/mol. The molecular formula is C14H21N. The fraction of sp³-hybridized carbons (Fsp3) is 0.714. The van der Waals surface area contributed by atoms with Gasteiger partial charge in [0.2, 0.25) is 0 Å². The zero-order valence-electron chi connectivity index (χ0n) is 9.82. The van der Waals surface area contributed by atoms with Gasteiger partial charge in [-0.15, -0.1) is 0 Å². The minimum Gasteiger partial charge on any atom is -0.305 e. The summed E-state index contributed by atoms with van der Waals surface area (Å²) in [7, 11) is 2.26. The summed E-state index contributed by atoms with van der Waals surface area (Å²) in [6.07, 6.45) is 10.2. The summed E-state index contributed by atoms with van der Waals surface area (Å²) in [5.74, 6) is 3.48. The molecule has 2 fully saturated rings. The molecule has 4 unspecified atom stereocenters. The van der Waals surface area contributed by atoms with Gasteiger partial charge in [0.1, 0.15) is 0 Å². The molecule has 0 aromatic carbocycles. The summed E-state index contributed by atoms with van der Waals surface area (Å²) in [5.41, 5.74) is 1.63. The highest BCUT2D eigenvalue weighted by Gasteiger charge is 2.36. The third kappa shape index (κ3) is 1.90. The molecule has 0 bridgehead atoms. The van der Waals surface area contributed by atoms with Gasteiger partial charge in [0.15, 0.2) is 0 Å². The van der Waals surface area contributed by atoms with Crippen LogP contribution in [0.4, 0.5) is 0 Å². The predicted octanol–water partition coefficient (Wildman–Crippen LogP) is 2.71. The van der Waals surface area contributed by atoms with Crippen molar-refractivity contribution in [2.45, 2.75) is 19.8 Å². The molecule has 0 aromatic rings. The summed E-state index contributed by atoms with van der Waals surface area (Å²) in [4.78, 5) is 2.49. The van der Waals surface area contributed by atoms with Crippen LogP contribution in [0.3, 0.4) is 0 Å². The third-order valence-electron chi connectivity index (χ3n) is 4.15. The summed E-state index contributed by atoms with van der Waals surface area (Å²) in [6.45, 7) is 4.92. The Morgan fingerprint density at radius 1 is 1.20 bits per heavy atom. The lowest BCUT2D eigenvalue weighted by Crippen LogP contribution is -2.37. The van der Waals surface area contributed by atoms with Gasteiger partial charge in [-0.3, -0.25) is 0 Å². The van der Waals surface area contributed by atoms with Crippen LogP contribution in [-0.4, -0.2) is 25.0 Å². The molecule has 0 radical (unpaired) electrons. The van der Waals surface area contributed by atoms with Crippen LogP contribution in [0.25, 0.3) is 0 Å². The van der Waals surface area contributed by atoms with Gasteiger partial charge in [-0.05, 0) is 49.1 Å². The van der Waals surface area contributed by atoms with Crippen molar-refractivity contribution >= 4 is 0 Å². The molecule has 1 heteroatoms. The Labute approximate surface area is 92.8 Å². The largest absolute Gasteiger partial charge is 0.305 e. The summed E-state index contributed by atoms with van der Waals surface area (Å²) < 4.78 is 0. The van der Waals surface area contributed by atoms with Crippen molar-refractivity contribution in [2.75, 3.05) is 20.1 Å². The molecule has 82 valence electrons. The first-order chi connectivity index (χ1) is 7.22. The SMILES string of the molecule is CC1CC(C2=CC3CC3C=C2)CN(C)C1. The maximum atomic E-state index is 2.56. The molecule has 1 heterocycles. The average Bonchev–Trinajstić information content (AvgIpc) is 2.93. The first kappa shape index (κ1) is 9.65. The number of nitrogens with zero attached hydrogens (tertiary/aromatic N) is 1. The van der Waals surface area contributed by atoms with Crippen molar-refractivity contribution in [1.82, 2.24) is 4.90 Å². The minimum absolute atomic E-state index is 0.802. The first-order valence-corrected chi connectivity index (χ1v) is 6.31. The topological polar surface area (TPSA) is 3.24 Å². The Bertz CT molecular complexity index is 305. The van der Waals surface area contributed by atoms with Crippen LogP contribution < -0.4 is 0 Å². The normalized spacial score (nSPS) is 44.8. The van der Waals surface area contributed by atoms with Gasteiger partial charge in [0, 0.05) is 13.1 Å². The lowest BCUT2D eigenvalue weighted by Gasteiger charge is -2.35. The maximum absolute atomic E-state index is 2.56. The molecule has 3 aliphatic rings. The van der Waals surface area contributed by atoms with Crippen LogP contribution in [0.15, 0.2) is 23.8 Å². The highest BCUT2D eigenvalue weighted by atomic mass is 15.1. The Balaban J connectivity index is 1.73. The third-order valence-corrected chi connectivity index (χ3v) is 4.15. The van der Waals surface area contributed by atoms with E-state index < -0.39 is 0 Å². The second-order valence-corrected chi connectivity index (χ2v) is 5.85. The zero-order valence-corrected chi connectivity index (χ0v) is 9.82. The first-order valence-electron chi connectivity index (χ1n) is 6.31. The van der Waals surface area contributed by atoms with Crippen molar-refractivity contribution in [2.24, 2.45) is 23.7 Å². The van der Waals surface area contributed by atoms with Gasteiger partial charge in [0.05, 0.1) is 0 Å². The van der Waals surface area contributed by atoms with Gasteiger partial charge < -0.3 is 4.90 Å². The molecule has 0 amide bonds. The number of likely N-dealkylation sites (tertiary alicyclic amines) is 1. The van der Waals surface area contributed by atoms with Gasteiger partial charge in [-0.2, -0.15) is 0 Å². The Kier molecular flexibility index (Phi) is 2.24. The van der Waals surface area contributed by atoms with E-state index in [1.54, 1.807) is 5.57 Å². The van der Waals surface area contributed by atoms with Crippen molar-refractivity contribution in [1.29, 1.82) is 0 Å². The van der Waals surface area contributed by atoms with E-state index in [2.05, 4.69) is 37.1 Å². The van der Waals surface area contributed by atoms with Crippen LogP contribution in [0.1, 0.15) is 19.8 Å². The second-order valence-electron chi connectivity index (χ2n) is 5.85. The van der Waals surface area contributed by atoms with E-state index in [1.807, 2.05) is 0 Å². The van der Waals surface area contributed by atoms with E-state index in [4.69, 9.17) is 0 Å². The molecule has 0 spiro atoms. The number of rotatable bonds is 1. The van der Waals surface area contributed by atoms with E-state index in [0.717, 1.165) is 23.7 Å². The Morgan fingerprint density at radius 2 is 2.07 bits per heavy atom. The van der Waals surface area contributed by atoms with Crippen molar-refractivity contribution in [3.05, 3.63) is 23.8 Å². The molecular weight excluding hydrogens is 182 g/mol. The minimum atomic E-state index is 0.802. The van der Waals surface area contributed by atoms with E-state index in [1.165, 1.54) is 25.9 Å². The quantitative estimate of drug-likeness (QED) is 0.633. The molecule has 0 N–H and O–H groups in total. The van der Waals surface area contributed by atoms with E-state index >= 15 is 0 Å². The van der Waals surface area contributed by atoms with E-state index in [-0.39, 0.29) is 0 Å². The Morgan fingerprint density at radius 3 is 2.80 bits per heavy atom. The Hall–Kier alpha value is -0.560. The molecule has 2 aliphatic carbocycles. The van der Waals surface area contributed by atoms with Crippen molar-refractivity contribution < 1.29 is 0 Å². The van der Waals surface area contributed by atoms with Gasteiger partial charge in [0.25, 0.3) is 0 Å². The van der Waals surface area contributed by atoms with Gasteiger partial charge in [-0.1, -0.05) is 25.2 Å². The fourth-order valence-corrected chi connectivity index (χ4v) is 3.32. The number of hydrogen-bond acceptors (Lipinski definition) is 1. The molecule has 15 heavy (non-hydrogen) atoms. The number of hydrogen-bond donors (Lipinski definition) is 0. The highest BCUT2D eigenvalue weighted by Crippen LogP contribution is 2.46. The average molecular weight is 203 g/mol. The van der Waals surface area contributed by atoms with Crippen molar-refractivity contribution in [3.8, 4) is 0 Å². The molecule has 4 atom stereocenters. The molecule has 1 nitrogen and oxygen atoms in total.